The molecule has 1 aliphatic rings. The fraction of sp³-hybridized carbons (Fsp3) is 0.667. The number of halogens is 1. The SMILES string of the molecule is CC1(C)CCCC(Nc2ncnc(NN)c2Br)C1. The maximum Gasteiger partial charge on any atom is 0.159 e. The molecule has 1 aliphatic carbocycles. The zero-order valence-electron chi connectivity index (χ0n) is 10.8. The van der Waals surface area contributed by atoms with E-state index >= 15 is 0 Å². The molecule has 1 atom stereocenters. The van der Waals surface area contributed by atoms with Gasteiger partial charge in [0.2, 0.25) is 0 Å². The average molecular weight is 314 g/mol. The van der Waals surface area contributed by atoms with Gasteiger partial charge < -0.3 is 10.7 Å². The van der Waals surface area contributed by atoms with Crippen molar-refractivity contribution < 1.29 is 0 Å². The van der Waals surface area contributed by atoms with Gasteiger partial charge in [-0.05, 0) is 40.6 Å². The lowest BCUT2D eigenvalue weighted by atomic mass is 9.75. The summed E-state index contributed by atoms with van der Waals surface area (Å²) in [5.41, 5.74) is 2.96. The molecule has 5 nitrogen and oxygen atoms in total. The molecule has 1 saturated carbocycles. The zero-order chi connectivity index (χ0) is 13.2. The minimum atomic E-state index is 0.407. The van der Waals surface area contributed by atoms with Gasteiger partial charge in [0, 0.05) is 6.04 Å². The van der Waals surface area contributed by atoms with Crippen molar-refractivity contribution in [3.05, 3.63) is 10.8 Å². The third kappa shape index (κ3) is 3.11. The topological polar surface area (TPSA) is 75.9 Å². The summed E-state index contributed by atoms with van der Waals surface area (Å²) in [5, 5.41) is 3.49. The molecule has 6 heteroatoms. The Labute approximate surface area is 116 Å². The molecule has 0 bridgehead atoms. The number of rotatable bonds is 3. The molecule has 0 saturated heterocycles. The Hall–Kier alpha value is -0.880. The summed E-state index contributed by atoms with van der Waals surface area (Å²) in [7, 11) is 0. The quantitative estimate of drug-likeness (QED) is 0.591. The van der Waals surface area contributed by atoms with Crippen molar-refractivity contribution in [1.29, 1.82) is 0 Å². The molecular formula is C12H20BrN5. The molecule has 1 aromatic rings. The van der Waals surface area contributed by atoms with E-state index in [1.54, 1.807) is 0 Å². The van der Waals surface area contributed by atoms with Crippen LogP contribution in [0.2, 0.25) is 0 Å². The Morgan fingerprint density at radius 1 is 1.39 bits per heavy atom. The van der Waals surface area contributed by atoms with Gasteiger partial charge in [0.05, 0.1) is 0 Å². The van der Waals surface area contributed by atoms with Crippen LogP contribution >= 0.6 is 15.9 Å². The Morgan fingerprint density at radius 2 is 2.11 bits per heavy atom. The van der Waals surface area contributed by atoms with Gasteiger partial charge in [0.25, 0.3) is 0 Å². The van der Waals surface area contributed by atoms with Gasteiger partial charge in [-0.15, -0.1) is 0 Å². The average Bonchev–Trinajstić information content (AvgIpc) is 2.31. The Balaban J connectivity index is 2.09. The van der Waals surface area contributed by atoms with Crippen LogP contribution in [0.15, 0.2) is 10.8 Å². The van der Waals surface area contributed by atoms with Crippen LogP contribution < -0.4 is 16.6 Å². The predicted molar refractivity (Wildman–Crippen MR) is 77.2 cm³/mol. The van der Waals surface area contributed by atoms with Crippen LogP contribution in [0.5, 0.6) is 0 Å². The van der Waals surface area contributed by atoms with Crippen molar-refractivity contribution in [2.75, 3.05) is 10.7 Å². The minimum absolute atomic E-state index is 0.407. The van der Waals surface area contributed by atoms with Crippen LogP contribution in [0.4, 0.5) is 11.6 Å². The maximum absolute atomic E-state index is 5.40. The van der Waals surface area contributed by atoms with Gasteiger partial charge in [0.15, 0.2) is 5.82 Å². The second-order valence-electron chi connectivity index (χ2n) is 5.63. The highest BCUT2D eigenvalue weighted by Gasteiger charge is 2.28. The standard InChI is InChI=1S/C12H20BrN5/c1-12(2)5-3-4-8(6-12)17-10-9(13)11(18-14)16-7-15-10/h7-8H,3-6,14H2,1-2H3,(H2,15,16,17,18). The molecule has 18 heavy (non-hydrogen) atoms. The highest BCUT2D eigenvalue weighted by atomic mass is 79.9. The van der Waals surface area contributed by atoms with Crippen LogP contribution in [0.3, 0.4) is 0 Å². The summed E-state index contributed by atoms with van der Waals surface area (Å²) in [4.78, 5) is 8.31. The number of aromatic nitrogens is 2. The number of nitrogens with zero attached hydrogens (tertiary/aromatic N) is 2. The third-order valence-corrected chi connectivity index (χ3v) is 4.22. The lowest BCUT2D eigenvalue weighted by Gasteiger charge is -2.35. The van der Waals surface area contributed by atoms with E-state index in [1.165, 1.54) is 25.6 Å². The third-order valence-electron chi connectivity index (χ3n) is 3.47. The zero-order valence-corrected chi connectivity index (χ0v) is 12.4. The summed E-state index contributed by atoms with van der Waals surface area (Å²) in [5.74, 6) is 6.80. The molecule has 1 aromatic heterocycles. The number of nitrogens with one attached hydrogen (secondary N) is 2. The van der Waals surface area contributed by atoms with E-state index in [9.17, 15) is 0 Å². The van der Waals surface area contributed by atoms with Crippen molar-refractivity contribution in [1.82, 2.24) is 9.97 Å². The highest BCUT2D eigenvalue weighted by molar-refractivity contribution is 9.10. The molecular weight excluding hydrogens is 294 g/mol. The van der Waals surface area contributed by atoms with Crippen molar-refractivity contribution in [3.8, 4) is 0 Å². The molecule has 0 aromatic carbocycles. The molecule has 1 fully saturated rings. The number of hydrogen-bond donors (Lipinski definition) is 3. The maximum atomic E-state index is 5.40. The van der Waals surface area contributed by atoms with Crippen molar-refractivity contribution in [2.24, 2.45) is 11.3 Å². The van der Waals surface area contributed by atoms with Gasteiger partial charge in [-0.1, -0.05) is 20.3 Å². The van der Waals surface area contributed by atoms with E-state index in [0.29, 0.717) is 17.3 Å². The first-order valence-corrected chi connectivity index (χ1v) is 7.05. The van der Waals surface area contributed by atoms with Gasteiger partial charge in [-0.2, -0.15) is 0 Å². The molecule has 0 aliphatic heterocycles. The second kappa shape index (κ2) is 5.40. The summed E-state index contributed by atoms with van der Waals surface area (Å²) >= 11 is 3.47. The lowest BCUT2D eigenvalue weighted by Crippen LogP contribution is -2.32. The Bertz CT molecular complexity index is 421. The largest absolute Gasteiger partial charge is 0.366 e. The van der Waals surface area contributed by atoms with Gasteiger partial charge in [-0.25, -0.2) is 15.8 Å². The molecule has 1 unspecified atom stereocenters. The number of hydrogen-bond acceptors (Lipinski definition) is 5. The van der Waals surface area contributed by atoms with Crippen molar-refractivity contribution in [2.45, 2.75) is 45.6 Å². The van der Waals surface area contributed by atoms with E-state index in [-0.39, 0.29) is 0 Å². The second-order valence-corrected chi connectivity index (χ2v) is 6.42. The number of nitrogen functional groups attached to an aromatic ring is 1. The molecule has 0 radical (unpaired) electrons. The lowest BCUT2D eigenvalue weighted by molar-refractivity contribution is 0.229. The first-order chi connectivity index (χ1) is 8.52. The fourth-order valence-electron chi connectivity index (χ4n) is 2.59. The van der Waals surface area contributed by atoms with Crippen molar-refractivity contribution >= 4 is 27.6 Å². The summed E-state index contributed by atoms with van der Waals surface area (Å²) in [6, 6.07) is 0.463. The van der Waals surface area contributed by atoms with Crippen LogP contribution in [-0.4, -0.2) is 16.0 Å². The Morgan fingerprint density at radius 3 is 2.78 bits per heavy atom. The first-order valence-electron chi connectivity index (χ1n) is 6.25. The molecule has 1 heterocycles. The minimum Gasteiger partial charge on any atom is -0.366 e. The predicted octanol–water partition coefficient (Wildman–Crippen LogP) is 2.91. The van der Waals surface area contributed by atoms with Crippen LogP contribution in [0.25, 0.3) is 0 Å². The number of hydrazine groups is 1. The van der Waals surface area contributed by atoms with Crippen molar-refractivity contribution in [3.63, 3.8) is 0 Å². The molecule has 0 amide bonds. The molecule has 2 rings (SSSR count). The fourth-order valence-corrected chi connectivity index (χ4v) is 3.02. The number of nitrogens with two attached hydrogens (primary N) is 1. The van der Waals surface area contributed by atoms with E-state index in [1.807, 2.05) is 0 Å². The molecule has 4 N–H and O–H groups in total. The molecule has 100 valence electrons. The summed E-state index contributed by atoms with van der Waals surface area (Å²) in [6.07, 6.45) is 6.41. The van der Waals surface area contributed by atoms with E-state index in [4.69, 9.17) is 5.84 Å². The van der Waals surface area contributed by atoms with Gasteiger partial charge in [0.1, 0.15) is 16.6 Å². The van der Waals surface area contributed by atoms with Gasteiger partial charge >= 0.3 is 0 Å². The molecule has 0 spiro atoms. The first kappa shape index (κ1) is 13.5. The van der Waals surface area contributed by atoms with Gasteiger partial charge in [-0.3, -0.25) is 0 Å². The van der Waals surface area contributed by atoms with Crippen LogP contribution in [-0.2, 0) is 0 Å². The summed E-state index contributed by atoms with van der Waals surface area (Å²) in [6.45, 7) is 4.64. The van der Waals surface area contributed by atoms with E-state index in [2.05, 4.69) is 50.5 Å². The highest BCUT2D eigenvalue weighted by Crippen LogP contribution is 2.37. The Kier molecular flexibility index (Phi) is 4.07. The van der Waals surface area contributed by atoms with E-state index in [0.717, 1.165) is 16.7 Å². The van der Waals surface area contributed by atoms with Crippen LogP contribution in [0.1, 0.15) is 39.5 Å². The van der Waals surface area contributed by atoms with E-state index < -0.39 is 0 Å². The summed E-state index contributed by atoms with van der Waals surface area (Å²) < 4.78 is 0.788. The number of anilines is 2. The normalized spacial score (nSPS) is 22.6. The smallest absolute Gasteiger partial charge is 0.159 e. The van der Waals surface area contributed by atoms with Crippen LogP contribution in [0, 0.1) is 5.41 Å². The monoisotopic (exact) mass is 313 g/mol.